The van der Waals surface area contributed by atoms with Gasteiger partial charge in [0.05, 0.1) is 4.70 Å². The molecule has 6 nitrogen and oxygen atoms in total. The van der Waals surface area contributed by atoms with Crippen LogP contribution >= 0.6 is 34.5 Å². The summed E-state index contributed by atoms with van der Waals surface area (Å²) in [6, 6.07) is 15.5. The quantitative estimate of drug-likeness (QED) is 0.369. The summed E-state index contributed by atoms with van der Waals surface area (Å²) in [5.74, 6) is 1.09. The number of nitrogens with one attached hydrogen (secondary N) is 1. The fourth-order valence-corrected chi connectivity index (χ4v) is 7.46. The van der Waals surface area contributed by atoms with Crippen molar-refractivity contribution in [2.24, 2.45) is 0 Å². The molecule has 0 bridgehead atoms. The summed E-state index contributed by atoms with van der Waals surface area (Å²) in [6.45, 7) is 5.07. The van der Waals surface area contributed by atoms with Crippen molar-refractivity contribution in [3.8, 4) is 0 Å². The van der Waals surface area contributed by atoms with E-state index in [4.69, 9.17) is 11.6 Å². The van der Waals surface area contributed by atoms with Crippen molar-refractivity contribution >= 4 is 70.5 Å². The average Bonchev–Trinajstić information content (AvgIpc) is 3.42. The Kier molecular flexibility index (Phi) is 6.37. The normalized spacial score (nSPS) is 15.7. The molecule has 1 aliphatic heterocycles. The summed E-state index contributed by atoms with van der Waals surface area (Å²) in [5.41, 5.74) is 0. The molecular formula is C22H23ClN4O2S3. The van der Waals surface area contributed by atoms with E-state index in [9.17, 15) is 8.42 Å². The fraction of sp³-hybridized carbons (Fsp3) is 0.318. The second-order valence-electron chi connectivity index (χ2n) is 7.83. The van der Waals surface area contributed by atoms with Gasteiger partial charge in [-0.2, -0.15) is 4.37 Å². The molecule has 0 spiro atoms. The maximum Gasteiger partial charge on any atom is 0.250 e. The van der Waals surface area contributed by atoms with Crippen molar-refractivity contribution in [3.63, 3.8) is 0 Å². The lowest BCUT2D eigenvalue weighted by Crippen LogP contribution is -2.47. The number of anilines is 1. The molecule has 168 valence electrons. The van der Waals surface area contributed by atoms with Gasteiger partial charge in [-0.05, 0) is 66.3 Å². The highest BCUT2D eigenvalue weighted by molar-refractivity contribution is 7.91. The lowest BCUT2D eigenvalue weighted by molar-refractivity contribution is 0.255. The molecule has 0 atom stereocenters. The summed E-state index contributed by atoms with van der Waals surface area (Å²) < 4.78 is 35.2. The van der Waals surface area contributed by atoms with Gasteiger partial charge < -0.3 is 4.90 Å². The third-order valence-electron chi connectivity index (χ3n) is 5.69. The predicted octanol–water partition coefficient (Wildman–Crippen LogP) is 4.66. The van der Waals surface area contributed by atoms with Gasteiger partial charge in [0.25, 0.3) is 0 Å². The van der Waals surface area contributed by atoms with Crippen molar-refractivity contribution in [1.82, 2.24) is 14.0 Å². The highest BCUT2D eigenvalue weighted by atomic mass is 35.5. The summed E-state index contributed by atoms with van der Waals surface area (Å²) in [5, 5.41) is 2.69. The Bertz CT molecular complexity index is 1340. The van der Waals surface area contributed by atoms with Crippen molar-refractivity contribution in [2.75, 3.05) is 44.2 Å². The van der Waals surface area contributed by atoms with Crippen LogP contribution in [-0.4, -0.2) is 57.0 Å². The number of thiophene rings is 1. The molecule has 1 fully saturated rings. The Hall–Kier alpha value is -1.75. The summed E-state index contributed by atoms with van der Waals surface area (Å²) in [7, 11) is -3.51. The second-order valence-corrected chi connectivity index (χ2v) is 12.1. The third kappa shape index (κ3) is 4.64. The number of benzene rings is 2. The van der Waals surface area contributed by atoms with Crippen molar-refractivity contribution in [3.05, 3.63) is 53.6 Å². The molecule has 2 aromatic heterocycles. The van der Waals surface area contributed by atoms with E-state index in [1.165, 1.54) is 21.4 Å². The van der Waals surface area contributed by atoms with E-state index in [2.05, 4.69) is 37.1 Å². The van der Waals surface area contributed by atoms with Gasteiger partial charge in [-0.15, -0.1) is 11.3 Å². The van der Waals surface area contributed by atoms with E-state index in [1.54, 1.807) is 29.7 Å². The number of fused-ring (bicyclic) bond motifs is 2. The molecule has 2 aromatic carbocycles. The molecule has 0 radical (unpaired) electrons. The Morgan fingerprint density at radius 3 is 2.69 bits per heavy atom. The third-order valence-corrected chi connectivity index (χ3v) is 9.80. The van der Waals surface area contributed by atoms with Crippen LogP contribution in [0.3, 0.4) is 0 Å². The Labute approximate surface area is 200 Å². The van der Waals surface area contributed by atoms with Gasteiger partial charge in [0.1, 0.15) is 10.0 Å². The van der Waals surface area contributed by atoms with E-state index in [0.29, 0.717) is 15.8 Å². The highest BCUT2D eigenvalue weighted by Gasteiger charge is 2.21. The number of hydrogen-bond donors (Lipinski definition) is 1. The van der Waals surface area contributed by atoms with E-state index < -0.39 is 10.0 Å². The van der Waals surface area contributed by atoms with Crippen LogP contribution in [0.1, 0.15) is 6.42 Å². The van der Waals surface area contributed by atoms with Crippen molar-refractivity contribution in [1.29, 1.82) is 0 Å². The molecule has 4 aromatic rings. The monoisotopic (exact) mass is 506 g/mol. The maximum atomic E-state index is 12.7. The summed E-state index contributed by atoms with van der Waals surface area (Å²) in [6.07, 6.45) is 0.773. The topological polar surface area (TPSA) is 65.5 Å². The van der Waals surface area contributed by atoms with Crippen LogP contribution in [0.25, 0.3) is 20.2 Å². The first-order valence-electron chi connectivity index (χ1n) is 10.5. The average molecular weight is 507 g/mol. The minimum absolute atomic E-state index is 0.332. The van der Waals surface area contributed by atoms with Gasteiger partial charge in [-0.1, -0.05) is 23.7 Å². The van der Waals surface area contributed by atoms with E-state index in [1.807, 2.05) is 12.1 Å². The van der Waals surface area contributed by atoms with Crippen LogP contribution < -0.4 is 9.62 Å². The van der Waals surface area contributed by atoms with Crippen LogP contribution in [0, 0.1) is 0 Å². The Morgan fingerprint density at radius 1 is 1.03 bits per heavy atom. The number of piperazine rings is 1. The Balaban J connectivity index is 1.10. The number of nitrogens with zero attached hydrogens (tertiary/aromatic N) is 3. The van der Waals surface area contributed by atoms with E-state index >= 15 is 0 Å². The highest BCUT2D eigenvalue weighted by Crippen LogP contribution is 2.31. The summed E-state index contributed by atoms with van der Waals surface area (Å²) in [4.78, 5) is 4.74. The second kappa shape index (κ2) is 9.24. The molecule has 10 heteroatoms. The van der Waals surface area contributed by atoms with E-state index in [-0.39, 0.29) is 0 Å². The van der Waals surface area contributed by atoms with Crippen LogP contribution in [-0.2, 0) is 10.0 Å². The van der Waals surface area contributed by atoms with Gasteiger partial charge in [0, 0.05) is 47.8 Å². The number of rotatable bonds is 7. The zero-order valence-electron chi connectivity index (χ0n) is 17.3. The van der Waals surface area contributed by atoms with Gasteiger partial charge in [-0.25, -0.2) is 13.1 Å². The van der Waals surface area contributed by atoms with Gasteiger partial charge in [0.15, 0.2) is 0 Å². The fourth-order valence-electron chi connectivity index (χ4n) is 3.99. The molecule has 5 rings (SSSR count). The zero-order chi connectivity index (χ0) is 22.1. The SMILES string of the molecule is O=S(=O)(NCCCN1CCN(c2nsc3ccccc23)CC1)c1cc2cc(Cl)ccc2s1. The van der Waals surface area contributed by atoms with Crippen LogP contribution in [0.4, 0.5) is 5.82 Å². The van der Waals surface area contributed by atoms with Crippen LogP contribution in [0.15, 0.2) is 52.7 Å². The smallest absolute Gasteiger partial charge is 0.250 e. The predicted molar refractivity (Wildman–Crippen MR) is 135 cm³/mol. The number of aromatic nitrogens is 1. The minimum Gasteiger partial charge on any atom is -0.353 e. The molecule has 1 aliphatic rings. The lowest BCUT2D eigenvalue weighted by Gasteiger charge is -2.35. The van der Waals surface area contributed by atoms with E-state index in [0.717, 1.165) is 55.0 Å². The van der Waals surface area contributed by atoms with Crippen molar-refractivity contribution in [2.45, 2.75) is 10.6 Å². The molecule has 0 aliphatic carbocycles. The molecule has 0 saturated carbocycles. The van der Waals surface area contributed by atoms with Crippen LogP contribution in [0.5, 0.6) is 0 Å². The molecule has 0 unspecified atom stereocenters. The minimum atomic E-state index is -3.51. The largest absolute Gasteiger partial charge is 0.353 e. The molecule has 1 N–H and O–H groups in total. The maximum absolute atomic E-state index is 12.7. The lowest BCUT2D eigenvalue weighted by atomic mass is 10.2. The van der Waals surface area contributed by atoms with Gasteiger partial charge >= 0.3 is 0 Å². The number of sulfonamides is 1. The molecule has 3 heterocycles. The first-order valence-corrected chi connectivity index (χ1v) is 14.0. The first-order chi connectivity index (χ1) is 15.5. The molecular weight excluding hydrogens is 484 g/mol. The van der Waals surface area contributed by atoms with Crippen LogP contribution in [0.2, 0.25) is 5.02 Å². The molecule has 1 saturated heterocycles. The molecule has 0 amide bonds. The Morgan fingerprint density at radius 2 is 1.84 bits per heavy atom. The summed E-state index contributed by atoms with van der Waals surface area (Å²) >= 11 is 8.83. The zero-order valence-corrected chi connectivity index (χ0v) is 20.5. The molecule has 32 heavy (non-hydrogen) atoms. The first kappa shape index (κ1) is 22.1. The van der Waals surface area contributed by atoms with Gasteiger partial charge in [-0.3, -0.25) is 4.90 Å². The number of hydrogen-bond acceptors (Lipinski definition) is 7. The number of halogens is 1. The standard InChI is InChI=1S/C22H23ClN4O2S3/c23-17-6-7-19-16(14-17)15-21(30-19)32(28,29)24-8-3-9-26-10-12-27(13-11-26)22-18-4-1-2-5-20(18)31-25-22/h1-2,4-7,14-15,24H,3,8-13H2. The van der Waals surface area contributed by atoms with Crippen molar-refractivity contribution < 1.29 is 8.42 Å². The van der Waals surface area contributed by atoms with Gasteiger partial charge in [0.2, 0.25) is 10.0 Å².